The van der Waals surface area contributed by atoms with E-state index < -0.39 is 16.4 Å². The van der Waals surface area contributed by atoms with Crippen LogP contribution in [-0.2, 0) is 23.6 Å². The van der Waals surface area contributed by atoms with Crippen molar-refractivity contribution >= 4 is 10.0 Å². The first kappa shape index (κ1) is 22.5. The molecule has 0 saturated carbocycles. The van der Waals surface area contributed by atoms with Crippen LogP contribution in [0, 0.1) is 5.82 Å². The topological polar surface area (TPSA) is 67.2 Å². The molecule has 1 aromatic heterocycles. The Hall–Kier alpha value is -2.69. The third-order valence-electron chi connectivity index (χ3n) is 5.71. The molecule has 4 rings (SSSR count). The van der Waals surface area contributed by atoms with Gasteiger partial charge in [0.05, 0.1) is 6.33 Å². The molecule has 1 aliphatic rings. The van der Waals surface area contributed by atoms with Gasteiger partial charge in [-0.25, -0.2) is 26.6 Å². The minimum Gasteiger partial charge on any atom is -0.339 e. The highest BCUT2D eigenvalue weighted by atomic mass is 32.2. The molecule has 1 fully saturated rings. The summed E-state index contributed by atoms with van der Waals surface area (Å²) in [5.74, 6) is -0.673. The van der Waals surface area contributed by atoms with Crippen LogP contribution in [0.3, 0.4) is 0 Å². The van der Waals surface area contributed by atoms with Crippen molar-refractivity contribution in [2.45, 2.75) is 30.0 Å². The second kappa shape index (κ2) is 9.05. The van der Waals surface area contributed by atoms with Crippen molar-refractivity contribution in [2.24, 2.45) is 7.05 Å². The van der Waals surface area contributed by atoms with Crippen LogP contribution in [-0.4, -0.2) is 41.4 Å². The summed E-state index contributed by atoms with van der Waals surface area (Å²) < 4.78 is 69.3. The van der Waals surface area contributed by atoms with Crippen LogP contribution in [0.1, 0.15) is 29.0 Å². The molecule has 0 aliphatic carbocycles. The normalized spacial score (nSPS) is 19.7. The van der Waals surface area contributed by atoms with Gasteiger partial charge in [-0.15, -0.1) is 0 Å². The van der Waals surface area contributed by atoms with Gasteiger partial charge in [-0.3, -0.25) is 0 Å². The Balaban J connectivity index is 1.60. The van der Waals surface area contributed by atoms with Crippen molar-refractivity contribution in [1.82, 2.24) is 19.2 Å². The van der Waals surface area contributed by atoms with Gasteiger partial charge in [0.15, 0.2) is 5.03 Å². The van der Waals surface area contributed by atoms with Crippen LogP contribution in [0.5, 0.6) is 0 Å². The third-order valence-corrected chi connectivity index (χ3v) is 7.43. The Morgan fingerprint density at radius 1 is 1.12 bits per heavy atom. The molecule has 1 aliphatic heterocycles. The van der Waals surface area contributed by atoms with Crippen LogP contribution in [0.15, 0.2) is 66.1 Å². The maximum absolute atomic E-state index is 13.4. The quantitative estimate of drug-likeness (QED) is 0.582. The van der Waals surface area contributed by atoms with E-state index in [2.05, 4.69) is 10.3 Å². The van der Waals surface area contributed by atoms with Crippen molar-refractivity contribution in [2.75, 3.05) is 13.1 Å². The van der Waals surface area contributed by atoms with Crippen molar-refractivity contribution < 1.29 is 21.6 Å². The van der Waals surface area contributed by atoms with Gasteiger partial charge in [-0.05, 0) is 23.3 Å². The predicted molar refractivity (Wildman–Crippen MR) is 113 cm³/mol. The second-order valence-electron chi connectivity index (χ2n) is 7.84. The predicted octanol–water partition coefficient (Wildman–Crippen LogP) is 3.44. The van der Waals surface area contributed by atoms with Gasteiger partial charge < -0.3 is 9.88 Å². The van der Waals surface area contributed by atoms with Gasteiger partial charge in [-0.1, -0.05) is 36.4 Å². The van der Waals surface area contributed by atoms with Crippen molar-refractivity contribution in [1.29, 1.82) is 0 Å². The first-order chi connectivity index (χ1) is 15.3. The van der Waals surface area contributed by atoms with E-state index in [1.54, 1.807) is 41.9 Å². The van der Waals surface area contributed by atoms with Gasteiger partial charge in [-0.2, -0.15) is 4.31 Å². The van der Waals surface area contributed by atoms with E-state index in [1.807, 2.05) is 0 Å². The fourth-order valence-corrected chi connectivity index (χ4v) is 5.48. The molecular formula is C22H23F3N4O2S. The molecule has 10 heteroatoms. The van der Waals surface area contributed by atoms with E-state index in [0.717, 1.165) is 5.56 Å². The molecule has 0 bridgehead atoms. The van der Waals surface area contributed by atoms with Gasteiger partial charge in [0, 0.05) is 50.4 Å². The highest BCUT2D eigenvalue weighted by molar-refractivity contribution is 7.89. The summed E-state index contributed by atoms with van der Waals surface area (Å²) in [6.07, 6.45) is 0.241. The summed E-state index contributed by atoms with van der Waals surface area (Å²) in [7, 11) is -2.15. The molecule has 32 heavy (non-hydrogen) atoms. The van der Waals surface area contributed by atoms with E-state index in [0.29, 0.717) is 5.56 Å². The van der Waals surface area contributed by atoms with Gasteiger partial charge in [0.2, 0.25) is 0 Å². The zero-order chi connectivity index (χ0) is 22.9. The molecule has 0 spiro atoms. The number of nitrogens with zero attached hydrogens (tertiary/aromatic N) is 3. The second-order valence-corrected chi connectivity index (χ2v) is 9.73. The van der Waals surface area contributed by atoms with Crippen LogP contribution in [0.25, 0.3) is 0 Å². The standard InChI is InChI=1S/C22H23F3N4O2S/c1-28-13-21(27-14-28)32(30,31)29-11-19(15-6-8-17(23)9-7-15)20(12-29)26-10-16-4-2-3-5-18(16)22(24)25/h2-9,13-14,19-20,22,26H,10-12H2,1H3/t19-,20+/m0/s1. The van der Waals surface area contributed by atoms with Crippen molar-refractivity contribution in [3.05, 3.63) is 83.6 Å². The number of halogens is 3. The highest BCUT2D eigenvalue weighted by Gasteiger charge is 2.40. The lowest BCUT2D eigenvalue weighted by atomic mass is 9.94. The lowest BCUT2D eigenvalue weighted by Gasteiger charge is -2.21. The van der Waals surface area contributed by atoms with Crippen molar-refractivity contribution in [3.63, 3.8) is 0 Å². The van der Waals surface area contributed by atoms with Crippen LogP contribution < -0.4 is 5.32 Å². The largest absolute Gasteiger partial charge is 0.339 e. The lowest BCUT2D eigenvalue weighted by Crippen LogP contribution is -2.36. The van der Waals surface area contributed by atoms with E-state index in [9.17, 15) is 21.6 Å². The minimum atomic E-state index is -3.84. The van der Waals surface area contributed by atoms with E-state index in [-0.39, 0.29) is 48.0 Å². The molecule has 2 atom stereocenters. The number of benzene rings is 2. The molecule has 6 nitrogen and oxygen atoms in total. The molecule has 1 saturated heterocycles. The number of hydrogen-bond acceptors (Lipinski definition) is 4. The number of sulfonamides is 1. The van der Waals surface area contributed by atoms with Crippen LogP contribution in [0.4, 0.5) is 13.2 Å². The van der Waals surface area contributed by atoms with E-state index >= 15 is 0 Å². The number of aryl methyl sites for hydroxylation is 1. The molecule has 2 heterocycles. The maximum Gasteiger partial charge on any atom is 0.264 e. The highest BCUT2D eigenvalue weighted by Crippen LogP contribution is 2.32. The third kappa shape index (κ3) is 4.57. The number of imidazole rings is 1. The van der Waals surface area contributed by atoms with Crippen molar-refractivity contribution in [3.8, 4) is 0 Å². The van der Waals surface area contributed by atoms with Crippen LogP contribution in [0.2, 0.25) is 0 Å². The number of rotatable bonds is 7. The number of hydrogen-bond donors (Lipinski definition) is 1. The van der Waals surface area contributed by atoms with Gasteiger partial charge in [0.25, 0.3) is 16.4 Å². The fourth-order valence-electron chi connectivity index (χ4n) is 4.02. The summed E-state index contributed by atoms with van der Waals surface area (Å²) in [6, 6.07) is 11.8. The molecule has 170 valence electrons. The number of nitrogens with one attached hydrogen (secondary N) is 1. The minimum absolute atomic E-state index is 0.0541. The van der Waals surface area contributed by atoms with E-state index in [1.165, 1.54) is 35.0 Å². The Morgan fingerprint density at radius 3 is 2.50 bits per heavy atom. The molecule has 2 aromatic carbocycles. The summed E-state index contributed by atoms with van der Waals surface area (Å²) in [4.78, 5) is 3.97. The van der Waals surface area contributed by atoms with E-state index in [4.69, 9.17) is 0 Å². The monoisotopic (exact) mass is 464 g/mol. The maximum atomic E-state index is 13.4. The Labute approximate surface area is 184 Å². The molecule has 0 radical (unpaired) electrons. The molecule has 0 amide bonds. The summed E-state index contributed by atoms with van der Waals surface area (Å²) >= 11 is 0. The molecule has 0 unspecified atom stereocenters. The Kier molecular flexibility index (Phi) is 6.36. The molecule has 3 aromatic rings. The fraction of sp³-hybridized carbons (Fsp3) is 0.318. The van der Waals surface area contributed by atoms with Gasteiger partial charge in [0.1, 0.15) is 5.82 Å². The summed E-state index contributed by atoms with van der Waals surface area (Å²) in [5, 5.41) is 3.20. The zero-order valence-electron chi connectivity index (χ0n) is 17.3. The Bertz CT molecular complexity index is 1180. The average Bonchev–Trinajstić information content (AvgIpc) is 3.40. The first-order valence-corrected chi connectivity index (χ1v) is 11.5. The summed E-state index contributed by atoms with van der Waals surface area (Å²) in [6.45, 7) is 0.455. The number of aromatic nitrogens is 2. The van der Waals surface area contributed by atoms with Gasteiger partial charge >= 0.3 is 0 Å². The lowest BCUT2D eigenvalue weighted by molar-refractivity contribution is 0.150. The number of alkyl halides is 2. The zero-order valence-corrected chi connectivity index (χ0v) is 18.1. The molecule has 1 N–H and O–H groups in total. The molecular weight excluding hydrogens is 441 g/mol. The summed E-state index contributed by atoms with van der Waals surface area (Å²) in [5.41, 5.74) is 1.16. The SMILES string of the molecule is Cn1cnc(S(=O)(=O)N2C[C@@H](NCc3ccccc3C(F)F)[C@H](c3ccc(F)cc3)C2)c1. The average molecular weight is 465 g/mol. The van der Waals surface area contributed by atoms with Crippen LogP contribution >= 0.6 is 0 Å². The first-order valence-electron chi connectivity index (χ1n) is 10.1. The Morgan fingerprint density at radius 2 is 1.84 bits per heavy atom. The smallest absolute Gasteiger partial charge is 0.264 e.